The molecule has 0 atom stereocenters. The van der Waals surface area contributed by atoms with E-state index in [1.165, 1.54) is 13.2 Å². The van der Waals surface area contributed by atoms with Crippen LogP contribution in [0.1, 0.15) is 6.92 Å². The Balaban J connectivity index is 4.08. The van der Waals surface area contributed by atoms with Crippen molar-refractivity contribution in [1.29, 1.82) is 0 Å². The van der Waals surface area contributed by atoms with Gasteiger partial charge in [-0.1, -0.05) is 0 Å². The largest absolute Gasteiger partial charge is 0.459 e. The second kappa shape index (κ2) is 2.18. The van der Waals surface area contributed by atoms with E-state index in [-0.39, 0.29) is 0 Å². The van der Waals surface area contributed by atoms with Crippen molar-refractivity contribution in [2.45, 2.75) is 6.92 Å². The first-order valence-electron chi connectivity index (χ1n) is 1.47. The van der Waals surface area contributed by atoms with Crippen molar-refractivity contribution >= 4 is 15.5 Å². The lowest BCUT2D eigenvalue weighted by molar-refractivity contribution is 0.604. The summed E-state index contributed by atoms with van der Waals surface area (Å²) in [5.41, 5.74) is 0. The van der Waals surface area contributed by atoms with Crippen LogP contribution in [-0.2, 0) is 14.6 Å². The van der Waals surface area contributed by atoms with Gasteiger partial charge in [-0.25, -0.2) is 14.8 Å². The quantitative estimate of drug-likeness (QED) is 0.254. The maximum atomic E-state index is 11.4. The predicted octanol–water partition coefficient (Wildman–Crippen LogP) is 0.699. The van der Waals surface area contributed by atoms with Gasteiger partial charge in [0.05, 0.1) is 0 Å². The Morgan fingerprint density at radius 1 is 1.83 bits per heavy atom. The first kappa shape index (κ1) is 5.95. The van der Waals surface area contributed by atoms with Crippen LogP contribution in [-0.4, -0.2) is 11.4 Å². The van der Waals surface area contributed by atoms with Crippen molar-refractivity contribution in [3.05, 3.63) is 0 Å². The van der Waals surface area contributed by atoms with Gasteiger partial charge in [-0.15, -0.1) is 6.26 Å². The smallest absolute Gasteiger partial charge is 0.00652 e. The van der Waals surface area contributed by atoms with Crippen molar-refractivity contribution in [3.8, 4) is 0 Å². The lowest BCUT2D eigenvalue weighted by Crippen LogP contribution is -1.81. The number of halogens is 1. The molecule has 0 saturated carbocycles. The lowest BCUT2D eigenvalue weighted by atomic mass is 10.9. The molecule has 0 saturated heterocycles. The summed E-state index contributed by atoms with van der Waals surface area (Å²) in [5, 5.41) is -0.519. The highest BCUT2D eigenvalue weighted by Gasteiger charge is 1.62. The van der Waals surface area contributed by atoms with Gasteiger partial charge in [-0.05, 0) is 6.92 Å². The van der Waals surface area contributed by atoms with Crippen LogP contribution in [0.4, 0.5) is 4.39 Å². The van der Waals surface area contributed by atoms with Crippen LogP contribution in [0.25, 0.3) is 0 Å². The zero-order chi connectivity index (χ0) is 5.15. The van der Waals surface area contributed by atoms with Gasteiger partial charge in [-0.2, -0.15) is 0 Å². The molecular weight excluding hydrogens is 103 g/mol. The third-order valence-electron chi connectivity index (χ3n) is 0.396. The highest BCUT2D eigenvalue weighted by atomic mass is 32.2. The molecule has 0 aromatic rings. The maximum absolute atomic E-state index is 11.4. The Labute approximate surface area is 38.2 Å². The summed E-state index contributed by atoms with van der Waals surface area (Å²) in [6.07, 6.45) is 1.30. The van der Waals surface area contributed by atoms with E-state index in [1.54, 1.807) is 0 Å². The summed E-state index contributed by atoms with van der Waals surface area (Å²) < 4.78 is 21.3. The minimum Gasteiger partial charge on any atom is -0.459 e. The molecule has 0 aromatic carbocycles. The fraction of sp³-hybridized carbons (Fsp3) is 0.667. The first-order chi connectivity index (χ1) is 2.64. The Morgan fingerprint density at radius 2 is 2.00 bits per heavy atom. The molecular formula is C3H6FOS-. The molecule has 0 radical (unpaired) electrons. The van der Waals surface area contributed by atoms with Crippen molar-refractivity contribution in [3.63, 3.8) is 0 Å². The van der Waals surface area contributed by atoms with Gasteiger partial charge in [0.15, 0.2) is 0 Å². The summed E-state index contributed by atoms with van der Waals surface area (Å²) in [5.74, 6) is 0. The average molecular weight is 109 g/mol. The Morgan fingerprint density at radius 3 is 2.00 bits per heavy atom. The summed E-state index contributed by atoms with van der Waals surface area (Å²) in [7, 11) is -1.37. The monoisotopic (exact) mass is 109 g/mol. The predicted molar refractivity (Wildman–Crippen MR) is 25.8 cm³/mol. The molecule has 0 aromatic heterocycles. The third kappa shape index (κ3) is 2.20. The van der Waals surface area contributed by atoms with Crippen LogP contribution in [0.15, 0.2) is 0 Å². The summed E-state index contributed by atoms with van der Waals surface area (Å²) in [6, 6.07) is 0. The highest BCUT2D eigenvalue weighted by molar-refractivity contribution is 7.83. The molecule has 1 nitrogen and oxygen atoms in total. The van der Waals surface area contributed by atoms with Crippen LogP contribution in [0, 0.1) is 0 Å². The van der Waals surface area contributed by atoms with Crippen LogP contribution in [0.3, 0.4) is 0 Å². The Bertz CT molecular complexity index is 108. The molecule has 0 bridgehead atoms. The molecule has 3 heteroatoms. The van der Waals surface area contributed by atoms with Crippen molar-refractivity contribution in [1.82, 2.24) is 0 Å². The molecule has 38 valence electrons. The molecule has 0 rings (SSSR count). The fourth-order valence-electron chi connectivity index (χ4n) is 0. The van der Waals surface area contributed by atoms with E-state index in [0.717, 1.165) is 0 Å². The van der Waals surface area contributed by atoms with Crippen LogP contribution in [0.5, 0.6) is 0 Å². The van der Waals surface area contributed by atoms with Gasteiger partial charge < -0.3 is 4.21 Å². The SMILES string of the molecule is CC(F)=[S-](C)=O. The number of hydrogen-bond acceptors (Lipinski definition) is 2. The summed E-state index contributed by atoms with van der Waals surface area (Å²) in [4.78, 5) is 0. The van der Waals surface area contributed by atoms with E-state index in [1.807, 2.05) is 0 Å². The van der Waals surface area contributed by atoms with E-state index in [9.17, 15) is 8.60 Å². The number of rotatable bonds is 0. The second-order valence-corrected chi connectivity index (χ2v) is 2.40. The van der Waals surface area contributed by atoms with Gasteiger partial charge in [0.2, 0.25) is 0 Å². The molecule has 6 heavy (non-hydrogen) atoms. The highest BCUT2D eigenvalue weighted by Crippen LogP contribution is 1.70. The molecule has 0 aliphatic heterocycles. The standard InChI is InChI=1S/C3H6FOS/c1-3(4)6(2)5/h1-2H3/q-1. The van der Waals surface area contributed by atoms with E-state index in [0.29, 0.717) is 0 Å². The fourth-order valence-corrected chi connectivity index (χ4v) is 0. The van der Waals surface area contributed by atoms with Gasteiger partial charge in [0.25, 0.3) is 0 Å². The van der Waals surface area contributed by atoms with E-state index >= 15 is 0 Å². The minimum atomic E-state index is -1.37. The Hall–Kier alpha value is -0.0500. The zero-order valence-electron chi connectivity index (χ0n) is 3.69. The summed E-state index contributed by atoms with van der Waals surface area (Å²) in [6.45, 7) is 1.19. The molecule has 0 N–H and O–H groups in total. The lowest BCUT2D eigenvalue weighted by Gasteiger charge is -1.87. The molecule has 0 fully saturated rings. The van der Waals surface area contributed by atoms with Gasteiger partial charge in [0.1, 0.15) is 0 Å². The topological polar surface area (TPSA) is 17.1 Å². The maximum Gasteiger partial charge on any atom is 0.00652 e. The second-order valence-electron chi connectivity index (χ2n) is 0.924. The normalized spacial score (nSPS) is 16.8. The van der Waals surface area contributed by atoms with Crippen molar-refractivity contribution in [2.24, 2.45) is 0 Å². The van der Waals surface area contributed by atoms with E-state index in [2.05, 4.69) is 0 Å². The average Bonchev–Trinajstić information content (AvgIpc) is 1.36. The van der Waals surface area contributed by atoms with Crippen LogP contribution >= 0.6 is 0 Å². The third-order valence-corrected chi connectivity index (χ3v) is 1.19. The zero-order valence-corrected chi connectivity index (χ0v) is 4.51. The Kier molecular flexibility index (Phi) is 2.16. The molecule has 0 aliphatic carbocycles. The molecule has 0 amide bonds. The van der Waals surface area contributed by atoms with Gasteiger partial charge >= 0.3 is 0 Å². The first-order valence-corrected chi connectivity index (χ1v) is 3.03. The van der Waals surface area contributed by atoms with E-state index < -0.39 is 15.5 Å². The molecule has 0 unspecified atom stereocenters. The van der Waals surface area contributed by atoms with Crippen LogP contribution in [0.2, 0.25) is 0 Å². The van der Waals surface area contributed by atoms with E-state index in [4.69, 9.17) is 0 Å². The molecule has 0 heterocycles. The van der Waals surface area contributed by atoms with Gasteiger partial charge in [-0.3, -0.25) is 0 Å². The van der Waals surface area contributed by atoms with Gasteiger partial charge in [0, 0.05) is 5.12 Å². The molecule has 0 aliphatic rings. The molecule has 0 spiro atoms. The number of hydrogen-bond donors (Lipinski definition) is 0. The van der Waals surface area contributed by atoms with Crippen LogP contribution < -0.4 is 0 Å². The van der Waals surface area contributed by atoms with Crippen molar-refractivity contribution in [2.75, 3.05) is 6.26 Å². The minimum absolute atomic E-state index is 0.519. The van der Waals surface area contributed by atoms with Crippen molar-refractivity contribution < 1.29 is 8.60 Å². The summed E-state index contributed by atoms with van der Waals surface area (Å²) >= 11 is 0.